The van der Waals surface area contributed by atoms with E-state index in [4.69, 9.17) is 0 Å². The van der Waals surface area contributed by atoms with Crippen molar-refractivity contribution in [2.24, 2.45) is 5.92 Å². The molecule has 0 spiro atoms. The molecule has 1 aromatic heterocycles. The fraction of sp³-hybridized carbons (Fsp3) is 0.625. The molecule has 0 saturated carbocycles. The Balaban J connectivity index is 2.09. The second-order valence-electron chi connectivity index (χ2n) is 3.83. The van der Waals surface area contributed by atoms with Crippen LogP contribution in [0.1, 0.15) is 6.42 Å². The monoisotopic (exact) mass is 311 g/mol. The number of anilines is 1. The Hall–Kier alpha value is -0.740. The lowest BCUT2D eigenvalue weighted by molar-refractivity contribution is -0.117. The molecule has 100 valence electrons. The molecule has 1 fully saturated rings. The molecule has 2 rings (SSSR count). The van der Waals surface area contributed by atoms with Gasteiger partial charge >= 0.3 is 10.2 Å². The molecule has 1 amide bonds. The third-order valence-corrected chi connectivity index (χ3v) is 5.23. The van der Waals surface area contributed by atoms with Crippen molar-refractivity contribution in [3.63, 3.8) is 0 Å². The second kappa shape index (κ2) is 5.10. The summed E-state index contributed by atoms with van der Waals surface area (Å²) in [5, 5.41) is 8.15. The lowest BCUT2D eigenvalue weighted by Crippen LogP contribution is -2.25. The summed E-state index contributed by atoms with van der Waals surface area (Å²) in [6, 6.07) is 0. The summed E-state index contributed by atoms with van der Waals surface area (Å²) in [7, 11) is -4.55. The molecule has 10 heteroatoms. The van der Waals surface area contributed by atoms with Crippen LogP contribution in [0.2, 0.25) is 0 Å². The number of thioether (sulfide) groups is 1. The Morgan fingerprint density at radius 1 is 1.56 bits per heavy atom. The van der Waals surface area contributed by atoms with Crippen molar-refractivity contribution >= 4 is 44.4 Å². The molecule has 1 aliphatic heterocycles. The van der Waals surface area contributed by atoms with Crippen molar-refractivity contribution in [2.75, 3.05) is 23.5 Å². The van der Waals surface area contributed by atoms with Crippen molar-refractivity contribution in [3.05, 3.63) is 0 Å². The van der Waals surface area contributed by atoms with E-state index in [0.29, 0.717) is 5.13 Å². The predicted octanol–water partition coefficient (Wildman–Crippen LogP) is 0.912. The van der Waals surface area contributed by atoms with Crippen LogP contribution < -0.4 is 4.90 Å². The number of carbonyl (C=O) groups excluding carboxylic acids is 1. The SMILES string of the molecule is CSc1nnc(N2CC(CS(=O)(=O)F)CC2=O)s1. The maximum absolute atomic E-state index is 12.6. The number of amides is 1. The van der Waals surface area contributed by atoms with Gasteiger partial charge in [0.2, 0.25) is 11.0 Å². The van der Waals surface area contributed by atoms with Gasteiger partial charge in [-0.3, -0.25) is 9.69 Å². The minimum atomic E-state index is -4.55. The van der Waals surface area contributed by atoms with E-state index >= 15 is 0 Å². The highest BCUT2D eigenvalue weighted by Crippen LogP contribution is 2.31. The minimum Gasteiger partial charge on any atom is -0.286 e. The highest BCUT2D eigenvalue weighted by molar-refractivity contribution is 8.00. The van der Waals surface area contributed by atoms with Crippen LogP contribution in [-0.2, 0) is 15.0 Å². The first-order chi connectivity index (χ1) is 8.39. The predicted molar refractivity (Wildman–Crippen MR) is 67.0 cm³/mol. The molecular formula is C8H10FN3O3S3. The molecule has 1 aromatic rings. The van der Waals surface area contributed by atoms with Crippen LogP contribution in [0.3, 0.4) is 0 Å². The van der Waals surface area contributed by atoms with Crippen molar-refractivity contribution in [1.82, 2.24) is 10.2 Å². The maximum Gasteiger partial charge on any atom is 0.302 e. The molecule has 0 aliphatic carbocycles. The van der Waals surface area contributed by atoms with Crippen LogP contribution in [0, 0.1) is 5.92 Å². The molecule has 1 unspecified atom stereocenters. The van der Waals surface area contributed by atoms with E-state index in [9.17, 15) is 17.1 Å². The fourth-order valence-corrected chi connectivity index (χ4v) is 3.83. The number of rotatable bonds is 4. The van der Waals surface area contributed by atoms with Crippen LogP contribution in [0.15, 0.2) is 4.34 Å². The standard InChI is InChI=1S/C8H10FN3O3S3/c1-16-8-11-10-7(17-8)12-3-5(2-6(12)13)4-18(9,14)15/h5H,2-4H2,1H3. The highest BCUT2D eigenvalue weighted by Gasteiger charge is 2.35. The van der Waals surface area contributed by atoms with Gasteiger partial charge in [0.05, 0.1) is 5.75 Å². The summed E-state index contributed by atoms with van der Waals surface area (Å²) < 4.78 is 34.4. The number of hydrogen-bond acceptors (Lipinski definition) is 7. The minimum absolute atomic E-state index is 0.0251. The Kier molecular flexibility index (Phi) is 3.87. The second-order valence-corrected chi connectivity index (χ2v) is 7.26. The molecule has 1 aliphatic rings. The third kappa shape index (κ3) is 3.18. The zero-order valence-electron chi connectivity index (χ0n) is 9.37. The van der Waals surface area contributed by atoms with E-state index in [0.717, 1.165) is 4.34 Å². The summed E-state index contributed by atoms with van der Waals surface area (Å²) in [6.45, 7) is 0.172. The van der Waals surface area contributed by atoms with Crippen molar-refractivity contribution < 1.29 is 17.1 Å². The molecule has 0 aromatic carbocycles. The number of nitrogens with zero attached hydrogens (tertiary/aromatic N) is 3. The van der Waals surface area contributed by atoms with Crippen molar-refractivity contribution in [1.29, 1.82) is 0 Å². The van der Waals surface area contributed by atoms with E-state index in [1.54, 1.807) is 0 Å². The van der Waals surface area contributed by atoms with Gasteiger partial charge in [-0.15, -0.1) is 14.1 Å². The molecule has 0 N–H and O–H groups in total. The molecule has 6 nitrogen and oxygen atoms in total. The van der Waals surface area contributed by atoms with E-state index in [1.165, 1.54) is 28.0 Å². The average Bonchev–Trinajstić information content (AvgIpc) is 2.82. The smallest absolute Gasteiger partial charge is 0.286 e. The van der Waals surface area contributed by atoms with E-state index in [1.807, 2.05) is 6.26 Å². The van der Waals surface area contributed by atoms with Crippen molar-refractivity contribution in [3.8, 4) is 0 Å². The van der Waals surface area contributed by atoms with Crippen LogP contribution in [0.5, 0.6) is 0 Å². The van der Waals surface area contributed by atoms with Gasteiger partial charge in [-0.05, 0) is 6.26 Å². The van der Waals surface area contributed by atoms with Gasteiger partial charge in [-0.1, -0.05) is 23.1 Å². The first-order valence-electron chi connectivity index (χ1n) is 4.99. The molecule has 1 atom stereocenters. The Morgan fingerprint density at radius 3 is 2.83 bits per heavy atom. The van der Waals surface area contributed by atoms with Gasteiger partial charge in [0.1, 0.15) is 0 Å². The zero-order valence-corrected chi connectivity index (χ0v) is 11.8. The molecular weight excluding hydrogens is 301 g/mol. The number of hydrogen-bond donors (Lipinski definition) is 0. The Morgan fingerprint density at radius 2 is 2.28 bits per heavy atom. The third-order valence-electron chi connectivity index (χ3n) is 2.44. The average molecular weight is 311 g/mol. The first-order valence-corrected chi connectivity index (χ1v) is 8.58. The van der Waals surface area contributed by atoms with Crippen molar-refractivity contribution in [2.45, 2.75) is 10.8 Å². The number of carbonyl (C=O) groups is 1. The van der Waals surface area contributed by atoms with E-state index < -0.39 is 21.9 Å². The summed E-state index contributed by atoms with van der Waals surface area (Å²) in [5.41, 5.74) is 0. The number of aromatic nitrogens is 2. The Labute approximate surface area is 112 Å². The molecule has 0 bridgehead atoms. The lowest BCUT2D eigenvalue weighted by atomic mass is 10.1. The van der Waals surface area contributed by atoms with Crippen LogP contribution in [-0.4, -0.2) is 43.1 Å². The summed E-state index contributed by atoms with van der Waals surface area (Å²) >= 11 is 2.67. The first kappa shape index (κ1) is 13.7. The quantitative estimate of drug-likeness (QED) is 0.467. The Bertz CT molecular complexity index is 559. The van der Waals surface area contributed by atoms with Crippen LogP contribution >= 0.6 is 23.1 Å². The van der Waals surface area contributed by atoms with Crippen LogP contribution in [0.25, 0.3) is 0 Å². The van der Waals surface area contributed by atoms with E-state index in [-0.39, 0.29) is 18.9 Å². The normalized spacial score (nSPS) is 20.7. The molecule has 18 heavy (non-hydrogen) atoms. The summed E-state index contributed by atoms with van der Waals surface area (Å²) in [6.07, 6.45) is 1.87. The zero-order chi connectivity index (χ0) is 13.3. The van der Waals surface area contributed by atoms with Gasteiger partial charge < -0.3 is 0 Å². The summed E-state index contributed by atoms with van der Waals surface area (Å²) in [4.78, 5) is 13.1. The van der Waals surface area contributed by atoms with Gasteiger partial charge in [0.25, 0.3) is 0 Å². The van der Waals surface area contributed by atoms with Gasteiger partial charge in [0.15, 0.2) is 4.34 Å². The van der Waals surface area contributed by atoms with Gasteiger partial charge in [-0.25, -0.2) is 0 Å². The lowest BCUT2D eigenvalue weighted by Gasteiger charge is -2.11. The fourth-order valence-electron chi connectivity index (χ4n) is 1.75. The molecule has 2 heterocycles. The topological polar surface area (TPSA) is 80.2 Å². The highest BCUT2D eigenvalue weighted by atomic mass is 32.3. The van der Waals surface area contributed by atoms with Crippen LogP contribution in [0.4, 0.5) is 9.02 Å². The number of halogens is 1. The molecule has 1 saturated heterocycles. The van der Waals surface area contributed by atoms with Gasteiger partial charge in [0, 0.05) is 18.9 Å². The maximum atomic E-state index is 12.6. The largest absolute Gasteiger partial charge is 0.302 e. The molecule has 0 radical (unpaired) electrons. The van der Waals surface area contributed by atoms with Gasteiger partial charge in [-0.2, -0.15) is 8.42 Å². The van der Waals surface area contributed by atoms with E-state index in [2.05, 4.69) is 10.2 Å². The summed E-state index contributed by atoms with van der Waals surface area (Å²) in [5.74, 6) is -1.38.